The molecule has 3 heterocycles. The van der Waals surface area contributed by atoms with Crippen molar-refractivity contribution in [1.82, 2.24) is 30.4 Å². The first-order chi connectivity index (χ1) is 15.8. The fourth-order valence-corrected chi connectivity index (χ4v) is 4.20. The molecule has 0 bridgehead atoms. The average Bonchev–Trinajstić information content (AvgIpc) is 3.46. The van der Waals surface area contributed by atoms with Crippen LogP contribution >= 0.6 is 0 Å². The molecule has 3 rings (SSSR count). The molecule has 0 aliphatic carbocycles. The second-order valence-corrected chi connectivity index (χ2v) is 8.39. The lowest BCUT2D eigenvalue weighted by molar-refractivity contribution is -0.141. The third kappa shape index (κ3) is 5.88. The number of nitrogens with one attached hydrogen (secondary N) is 3. The topological polar surface area (TPSA) is 171 Å². The van der Waals surface area contributed by atoms with Gasteiger partial charge in [-0.25, -0.2) is 9.78 Å². The van der Waals surface area contributed by atoms with E-state index in [2.05, 4.69) is 20.6 Å². The maximum atomic E-state index is 13.2. The molecule has 33 heavy (non-hydrogen) atoms. The number of nitrogens with zero attached hydrogens (tertiary/aromatic N) is 3. The first-order valence-electron chi connectivity index (χ1n) is 11.3. The van der Waals surface area contributed by atoms with E-state index in [9.17, 15) is 24.0 Å². The molecule has 0 unspecified atom stereocenters. The van der Waals surface area contributed by atoms with Crippen LogP contribution in [-0.2, 0) is 25.6 Å². The number of imide groups is 1. The highest BCUT2D eigenvalue weighted by Crippen LogP contribution is 2.19. The fraction of sp³-hybridized carbons (Fsp3) is 0.619. The van der Waals surface area contributed by atoms with Crippen LogP contribution in [-0.4, -0.2) is 80.6 Å². The summed E-state index contributed by atoms with van der Waals surface area (Å²) in [6.07, 6.45) is 6.53. The summed E-state index contributed by atoms with van der Waals surface area (Å²) in [5.41, 5.74) is 6.05. The van der Waals surface area contributed by atoms with Gasteiger partial charge < -0.3 is 26.3 Å². The van der Waals surface area contributed by atoms with Crippen molar-refractivity contribution < 1.29 is 24.0 Å². The standard InChI is InChI=1S/C21H31N7O5/c1-2-3-4-7-28-17(29)10-14(26-21(28)33)19(31)25-15(9-13-11-23-12-24-13)20(32)27-8-5-6-16(27)18(22)30/h11-12,14-16H,2-10H2,1H3,(H2,22,30)(H,23,24)(H,25,31)(H,26,33)/t14-,15+,16+/m0/s1. The van der Waals surface area contributed by atoms with Crippen molar-refractivity contribution >= 4 is 29.7 Å². The third-order valence-electron chi connectivity index (χ3n) is 5.98. The molecule has 6 amide bonds. The number of urea groups is 1. The number of H-pyrrole nitrogens is 1. The first-order valence-corrected chi connectivity index (χ1v) is 11.3. The fourth-order valence-electron chi connectivity index (χ4n) is 4.20. The van der Waals surface area contributed by atoms with E-state index in [1.165, 1.54) is 17.4 Å². The lowest BCUT2D eigenvalue weighted by atomic mass is 10.1. The van der Waals surface area contributed by atoms with Crippen molar-refractivity contribution in [2.75, 3.05) is 13.1 Å². The Bertz CT molecular complexity index is 870. The van der Waals surface area contributed by atoms with Gasteiger partial charge in [-0.1, -0.05) is 19.8 Å². The molecule has 1 aromatic heterocycles. The number of hydrogen-bond donors (Lipinski definition) is 4. The molecule has 0 radical (unpaired) electrons. The zero-order valence-corrected chi connectivity index (χ0v) is 18.7. The maximum Gasteiger partial charge on any atom is 0.324 e. The summed E-state index contributed by atoms with van der Waals surface area (Å²) < 4.78 is 0. The lowest BCUT2D eigenvalue weighted by Gasteiger charge is -2.32. The van der Waals surface area contributed by atoms with Crippen molar-refractivity contribution in [3.63, 3.8) is 0 Å². The van der Waals surface area contributed by atoms with Gasteiger partial charge in [0.05, 0.1) is 12.7 Å². The molecular weight excluding hydrogens is 430 g/mol. The zero-order chi connectivity index (χ0) is 24.0. The molecule has 2 saturated heterocycles. The highest BCUT2D eigenvalue weighted by atomic mass is 16.2. The summed E-state index contributed by atoms with van der Waals surface area (Å²) in [4.78, 5) is 72.1. The van der Waals surface area contributed by atoms with Crippen LogP contribution in [0.25, 0.3) is 0 Å². The van der Waals surface area contributed by atoms with Gasteiger partial charge >= 0.3 is 6.03 Å². The molecular formula is C21H31N7O5. The predicted octanol–water partition coefficient (Wildman–Crippen LogP) is -0.586. The Morgan fingerprint density at radius 2 is 2.09 bits per heavy atom. The van der Waals surface area contributed by atoms with E-state index in [0.29, 0.717) is 38.0 Å². The normalized spacial score (nSPS) is 21.6. The number of primary amides is 1. The Hall–Kier alpha value is -3.44. The number of imidazole rings is 1. The number of carbonyl (C=O) groups is 5. The van der Waals surface area contributed by atoms with Gasteiger partial charge in [-0.15, -0.1) is 0 Å². The summed E-state index contributed by atoms with van der Waals surface area (Å²) in [5, 5.41) is 5.21. The Morgan fingerprint density at radius 3 is 2.73 bits per heavy atom. The van der Waals surface area contributed by atoms with Crippen molar-refractivity contribution in [2.45, 2.75) is 70.0 Å². The highest BCUT2D eigenvalue weighted by molar-refractivity contribution is 6.03. The largest absolute Gasteiger partial charge is 0.368 e. The van der Waals surface area contributed by atoms with Gasteiger partial charge in [0, 0.05) is 31.4 Å². The molecule has 180 valence electrons. The number of rotatable bonds is 10. The van der Waals surface area contributed by atoms with Gasteiger partial charge in [-0.2, -0.15) is 0 Å². The number of amides is 6. The quantitative estimate of drug-likeness (QED) is 0.339. The SMILES string of the molecule is CCCCCN1C(=O)C[C@@H](C(=O)N[C@H](Cc2cnc[nH]2)C(=O)N2CCC[C@@H]2C(N)=O)NC1=O. The molecule has 2 aliphatic heterocycles. The maximum absolute atomic E-state index is 13.2. The van der Waals surface area contributed by atoms with E-state index in [-0.39, 0.29) is 12.8 Å². The number of unbranched alkanes of at least 4 members (excludes halogenated alkanes) is 2. The van der Waals surface area contributed by atoms with Gasteiger partial charge in [0.15, 0.2) is 0 Å². The van der Waals surface area contributed by atoms with Crippen molar-refractivity contribution in [3.8, 4) is 0 Å². The minimum Gasteiger partial charge on any atom is -0.368 e. The predicted molar refractivity (Wildman–Crippen MR) is 116 cm³/mol. The Morgan fingerprint density at radius 1 is 1.30 bits per heavy atom. The summed E-state index contributed by atoms with van der Waals surface area (Å²) in [6.45, 7) is 2.68. The molecule has 0 spiro atoms. The van der Waals surface area contributed by atoms with Gasteiger partial charge in [-0.3, -0.25) is 24.1 Å². The highest BCUT2D eigenvalue weighted by Gasteiger charge is 2.40. The number of hydrogen-bond acceptors (Lipinski definition) is 6. The number of likely N-dealkylation sites (tertiary alicyclic amines) is 1. The van der Waals surface area contributed by atoms with E-state index in [1.54, 1.807) is 0 Å². The van der Waals surface area contributed by atoms with Gasteiger partial charge in [0.1, 0.15) is 18.1 Å². The van der Waals surface area contributed by atoms with E-state index < -0.39 is 47.8 Å². The molecule has 3 atom stereocenters. The van der Waals surface area contributed by atoms with Gasteiger partial charge in [0.25, 0.3) is 0 Å². The van der Waals surface area contributed by atoms with Gasteiger partial charge in [-0.05, 0) is 19.3 Å². The smallest absolute Gasteiger partial charge is 0.324 e. The van der Waals surface area contributed by atoms with Crippen molar-refractivity contribution in [2.24, 2.45) is 5.73 Å². The van der Waals surface area contributed by atoms with E-state index >= 15 is 0 Å². The monoisotopic (exact) mass is 461 g/mol. The van der Waals surface area contributed by atoms with Crippen LogP contribution in [0.5, 0.6) is 0 Å². The summed E-state index contributed by atoms with van der Waals surface area (Å²) in [5.74, 6) is -2.12. The molecule has 12 nitrogen and oxygen atoms in total. The number of aromatic nitrogens is 2. The average molecular weight is 462 g/mol. The molecule has 1 aromatic rings. The molecule has 5 N–H and O–H groups in total. The number of aromatic amines is 1. The van der Waals surface area contributed by atoms with Crippen LogP contribution < -0.4 is 16.4 Å². The summed E-state index contributed by atoms with van der Waals surface area (Å²) >= 11 is 0. The van der Waals surface area contributed by atoms with Crippen LogP contribution in [0, 0.1) is 0 Å². The summed E-state index contributed by atoms with van der Waals surface area (Å²) in [7, 11) is 0. The minimum atomic E-state index is -1.09. The summed E-state index contributed by atoms with van der Waals surface area (Å²) in [6, 6.07) is -3.46. The molecule has 2 fully saturated rings. The van der Waals surface area contributed by atoms with Crippen LogP contribution in [0.2, 0.25) is 0 Å². The van der Waals surface area contributed by atoms with E-state index in [1.807, 2.05) is 6.92 Å². The van der Waals surface area contributed by atoms with Crippen molar-refractivity contribution in [1.29, 1.82) is 0 Å². The van der Waals surface area contributed by atoms with Gasteiger partial charge in [0.2, 0.25) is 23.6 Å². The third-order valence-corrected chi connectivity index (χ3v) is 5.98. The Balaban J connectivity index is 1.69. The Labute approximate surface area is 191 Å². The van der Waals surface area contributed by atoms with E-state index in [0.717, 1.165) is 17.7 Å². The second-order valence-electron chi connectivity index (χ2n) is 8.39. The van der Waals surface area contributed by atoms with Crippen LogP contribution in [0.3, 0.4) is 0 Å². The molecule has 0 aromatic carbocycles. The molecule has 0 saturated carbocycles. The zero-order valence-electron chi connectivity index (χ0n) is 18.7. The van der Waals surface area contributed by atoms with E-state index in [4.69, 9.17) is 5.73 Å². The first kappa shape index (κ1) is 24.2. The van der Waals surface area contributed by atoms with Crippen LogP contribution in [0.15, 0.2) is 12.5 Å². The molecule has 12 heteroatoms. The minimum absolute atomic E-state index is 0.101. The van der Waals surface area contributed by atoms with Crippen LogP contribution in [0.4, 0.5) is 4.79 Å². The lowest BCUT2D eigenvalue weighted by Crippen LogP contribution is -2.62. The van der Waals surface area contributed by atoms with Crippen LogP contribution in [0.1, 0.15) is 51.1 Å². The number of nitrogens with two attached hydrogens (primary N) is 1. The Kier molecular flexibility index (Phi) is 8.01. The number of carbonyl (C=O) groups excluding carboxylic acids is 5. The van der Waals surface area contributed by atoms with Crippen molar-refractivity contribution in [3.05, 3.63) is 18.2 Å². The molecule has 2 aliphatic rings. The second kappa shape index (κ2) is 10.9.